The molecule has 0 atom stereocenters. The number of aromatic nitrogens is 2. The van der Waals surface area contributed by atoms with Gasteiger partial charge in [0.2, 0.25) is 0 Å². The van der Waals surface area contributed by atoms with Crippen LogP contribution in [0.25, 0.3) is 0 Å². The van der Waals surface area contributed by atoms with Crippen molar-refractivity contribution in [2.75, 3.05) is 5.32 Å². The molecule has 1 aliphatic carbocycles. The van der Waals surface area contributed by atoms with Crippen molar-refractivity contribution in [2.45, 2.75) is 24.3 Å². The molecule has 0 amide bonds. The lowest BCUT2D eigenvalue weighted by molar-refractivity contribution is -0.384. The van der Waals surface area contributed by atoms with Gasteiger partial charge >= 0.3 is 5.69 Å². The Morgan fingerprint density at radius 3 is 2.83 bits per heavy atom. The zero-order valence-electron chi connectivity index (χ0n) is 11.9. The molecule has 116 valence electrons. The summed E-state index contributed by atoms with van der Waals surface area (Å²) in [6.45, 7) is 0. The van der Waals surface area contributed by atoms with Crippen LogP contribution >= 0.6 is 11.6 Å². The third kappa shape index (κ3) is 2.81. The maximum Gasteiger partial charge on any atom is 0.310 e. The van der Waals surface area contributed by atoms with Gasteiger partial charge in [0.1, 0.15) is 22.5 Å². The number of halogens is 1. The molecule has 2 aromatic rings. The van der Waals surface area contributed by atoms with Crippen LogP contribution in [0, 0.1) is 21.4 Å². The summed E-state index contributed by atoms with van der Waals surface area (Å²) in [7, 11) is 0. The Labute approximate surface area is 137 Å². The van der Waals surface area contributed by atoms with Crippen LogP contribution < -0.4 is 5.32 Å². The monoisotopic (exact) mass is 329 g/mol. The van der Waals surface area contributed by atoms with Gasteiger partial charge in [-0.25, -0.2) is 4.98 Å². The number of pyridine rings is 2. The second kappa shape index (κ2) is 5.82. The zero-order chi connectivity index (χ0) is 16.4. The van der Waals surface area contributed by atoms with Crippen molar-refractivity contribution in [1.29, 1.82) is 5.26 Å². The van der Waals surface area contributed by atoms with Crippen LogP contribution in [-0.2, 0) is 5.41 Å². The predicted octanol–water partition coefficient (Wildman–Crippen LogP) is 3.07. The Balaban J connectivity index is 1.77. The second-order valence-electron chi connectivity index (χ2n) is 5.44. The lowest BCUT2D eigenvalue weighted by Crippen LogP contribution is -2.48. The van der Waals surface area contributed by atoms with Crippen LogP contribution in [-0.4, -0.2) is 20.9 Å². The Hall–Kier alpha value is -2.72. The highest BCUT2D eigenvalue weighted by molar-refractivity contribution is 6.29. The molecular formula is C15H12ClN5O2. The number of nitrogens with zero attached hydrogens (tertiary/aromatic N) is 4. The van der Waals surface area contributed by atoms with E-state index in [9.17, 15) is 15.4 Å². The van der Waals surface area contributed by atoms with Crippen LogP contribution in [0.15, 0.2) is 36.7 Å². The molecule has 23 heavy (non-hydrogen) atoms. The van der Waals surface area contributed by atoms with E-state index in [1.807, 2.05) is 12.1 Å². The van der Waals surface area contributed by atoms with E-state index in [2.05, 4.69) is 21.4 Å². The molecule has 7 nitrogen and oxygen atoms in total. The van der Waals surface area contributed by atoms with Gasteiger partial charge in [-0.15, -0.1) is 0 Å². The maximum atomic E-state index is 11.0. The van der Waals surface area contributed by atoms with Crippen molar-refractivity contribution in [2.24, 2.45) is 0 Å². The second-order valence-corrected chi connectivity index (χ2v) is 5.83. The van der Waals surface area contributed by atoms with Crippen LogP contribution in [0.1, 0.15) is 18.5 Å². The van der Waals surface area contributed by atoms with E-state index in [1.54, 1.807) is 12.3 Å². The molecular weight excluding hydrogens is 318 g/mol. The first-order valence-corrected chi connectivity index (χ1v) is 7.31. The minimum Gasteiger partial charge on any atom is -0.376 e. The smallest absolute Gasteiger partial charge is 0.310 e. The third-order valence-corrected chi connectivity index (χ3v) is 4.17. The summed E-state index contributed by atoms with van der Waals surface area (Å²) in [6.07, 6.45) is 3.83. The minimum atomic E-state index is -0.648. The molecule has 0 bridgehead atoms. The highest BCUT2D eigenvalue weighted by Crippen LogP contribution is 2.44. The first-order valence-electron chi connectivity index (χ1n) is 6.93. The maximum absolute atomic E-state index is 11.0. The molecule has 1 saturated carbocycles. The normalized spacial score (nSPS) is 22.7. The van der Waals surface area contributed by atoms with Gasteiger partial charge in [0.25, 0.3) is 0 Å². The van der Waals surface area contributed by atoms with Crippen LogP contribution in [0.3, 0.4) is 0 Å². The molecule has 0 aliphatic heterocycles. The fourth-order valence-corrected chi connectivity index (χ4v) is 2.95. The highest BCUT2D eigenvalue weighted by atomic mass is 35.5. The lowest BCUT2D eigenvalue weighted by Gasteiger charge is -2.42. The van der Waals surface area contributed by atoms with Gasteiger partial charge in [0.15, 0.2) is 0 Å². The summed E-state index contributed by atoms with van der Waals surface area (Å²) in [5, 5.41) is 23.8. The van der Waals surface area contributed by atoms with E-state index in [0.29, 0.717) is 18.5 Å². The molecule has 0 saturated heterocycles. The van der Waals surface area contributed by atoms with E-state index in [4.69, 9.17) is 11.6 Å². The van der Waals surface area contributed by atoms with E-state index >= 15 is 0 Å². The predicted molar refractivity (Wildman–Crippen MR) is 84.1 cm³/mol. The van der Waals surface area contributed by atoms with E-state index in [0.717, 1.165) is 11.9 Å². The van der Waals surface area contributed by atoms with Crippen LogP contribution in [0.5, 0.6) is 0 Å². The number of rotatable bonds is 4. The van der Waals surface area contributed by atoms with E-state index in [-0.39, 0.29) is 16.9 Å². The van der Waals surface area contributed by atoms with Gasteiger partial charge < -0.3 is 5.32 Å². The third-order valence-electron chi connectivity index (χ3n) is 3.96. The Kier molecular flexibility index (Phi) is 3.84. The van der Waals surface area contributed by atoms with Gasteiger partial charge in [-0.3, -0.25) is 15.1 Å². The Morgan fingerprint density at radius 1 is 1.43 bits per heavy atom. The Morgan fingerprint density at radius 2 is 2.22 bits per heavy atom. The molecule has 3 rings (SSSR count). The average Bonchev–Trinajstić information content (AvgIpc) is 2.51. The molecule has 0 aromatic carbocycles. The Bertz CT molecular complexity index is 784. The molecule has 2 heterocycles. The van der Waals surface area contributed by atoms with Crippen LogP contribution in [0.2, 0.25) is 5.15 Å². The van der Waals surface area contributed by atoms with Gasteiger partial charge in [-0.1, -0.05) is 17.7 Å². The molecule has 0 unspecified atom stereocenters. The van der Waals surface area contributed by atoms with Crippen molar-refractivity contribution in [3.63, 3.8) is 0 Å². The quantitative estimate of drug-likeness (QED) is 0.525. The molecule has 0 radical (unpaired) electrons. The molecule has 1 aliphatic rings. The van der Waals surface area contributed by atoms with E-state index in [1.165, 1.54) is 6.07 Å². The van der Waals surface area contributed by atoms with Gasteiger partial charge in [0, 0.05) is 18.3 Å². The SMILES string of the molecule is N#CC1(c2ccccn2)CC(Nc2cc(Cl)ncc2[N+](=O)[O-])C1. The fraction of sp³-hybridized carbons (Fsp3) is 0.267. The zero-order valence-corrected chi connectivity index (χ0v) is 12.7. The molecule has 2 aromatic heterocycles. The van der Waals surface area contributed by atoms with Gasteiger partial charge in [-0.05, 0) is 25.0 Å². The summed E-state index contributed by atoms with van der Waals surface area (Å²) in [6, 6.07) is 9.15. The number of nitro groups is 1. The van der Waals surface area contributed by atoms with Crippen molar-refractivity contribution < 1.29 is 4.92 Å². The van der Waals surface area contributed by atoms with Crippen molar-refractivity contribution >= 4 is 23.0 Å². The standard InChI is InChI=1S/C15H12ClN5O2/c16-14-5-11(12(8-19-14)21(22)23)20-10-6-15(7-10,9-17)13-3-1-2-4-18-13/h1-5,8,10H,6-7H2,(H,19,20). The summed E-state index contributed by atoms with van der Waals surface area (Å²) >= 11 is 5.81. The van der Waals surface area contributed by atoms with Crippen molar-refractivity contribution in [1.82, 2.24) is 9.97 Å². The molecule has 1 fully saturated rings. The van der Waals surface area contributed by atoms with Gasteiger partial charge in [0.05, 0.1) is 16.7 Å². The molecule has 8 heteroatoms. The summed E-state index contributed by atoms with van der Waals surface area (Å²) in [5.41, 5.74) is 0.252. The summed E-state index contributed by atoms with van der Waals surface area (Å²) in [4.78, 5) is 18.5. The fourth-order valence-electron chi connectivity index (χ4n) is 2.79. The van der Waals surface area contributed by atoms with E-state index < -0.39 is 10.3 Å². The summed E-state index contributed by atoms with van der Waals surface area (Å²) < 4.78 is 0. The first kappa shape index (κ1) is 15.2. The minimum absolute atomic E-state index is 0.0613. The average molecular weight is 330 g/mol. The van der Waals surface area contributed by atoms with Crippen molar-refractivity contribution in [3.05, 3.63) is 57.6 Å². The molecule has 0 spiro atoms. The highest BCUT2D eigenvalue weighted by Gasteiger charge is 2.47. The number of hydrogen-bond donors (Lipinski definition) is 1. The van der Waals surface area contributed by atoms with Crippen molar-refractivity contribution in [3.8, 4) is 6.07 Å². The number of nitrogens with one attached hydrogen (secondary N) is 1. The molecule has 1 N–H and O–H groups in total. The van der Waals surface area contributed by atoms with Gasteiger partial charge in [-0.2, -0.15) is 5.26 Å². The number of hydrogen-bond acceptors (Lipinski definition) is 6. The summed E-state index contributed by atoms with van der Waals surface area (Å²) in [5.74, 6) is 0. The number of nitriles is 1. The number of anilines is 1. The topological polar surface area (TPSA) is 105 Å². The van der Waals surface area contributed by atoms with Crippen LogP contribution in [0.4, 0.5) is 11.4 Å². The first-order chi connectivity index (χ1) is 11.0. The lowest BCUT2D eigenvalue weighted by atomic mass is 9.64. The largest absolute Gasteiger partial charge is 0.376 e.